The van der Waals surface area contributed by atoms with Gasteiger partial charge in [-0.15, -0.1) is 11.3 Å². The lowest BCUT2D eigenvalue weighted by Gasteiger charge is -2.28. The van der Waals surface area contributed by atoms with Gasteiger partial charge in [0.15, 0.2) is 5.56 Å². The zero-order chi connectivity index (χ0) is 19.6. The van der Waals surface area contributed by atoms with Crippen molar-refractivity contribution in [3.8, 4) is 5.75 Å². The summed E-state index contributed by atoms with van der Waals surface area (Å²) in [6.45, 7) is 6.11. The van der Waals surface area contributed by atoms with E-state index < -0.39 is 11.5 Å². The van der Waals surface area contributed by atoms with E-state index in [1.807, 2.05) is 19.9 Å². The van der Waals surface area contributed by atoms with E-state index in [1.54, 1.807) is 30.8 Å². The molecule has 1 aliphatic rings. The summed E-state index contributed by atoms with van der Waals surface area (Å²) < 4.78 is 6.47. The number of esters is 1. The van der Waals surface area contributed by atoms with E-state index in [0.29, 0.717) is 17.4 Å². The van der Waals surface area contributed by atoms with Gasteiger partial charge in [0.05, 0.1) is 35.9 Å². The van der Waals surface area contributed by atoms with Crippen molar-refractivity contribution in [2.45, 2.75) is 33.4 Å². The molecule has 2 aromatic heterocycles. The van der Waals surface area contributed by atoms with E-state index in [4.69, 9.17) is 4.74 Å². The van der Waals surface area contributed by atoms with Crippen LogP contribution in [-0.2, 0) is 11.3 Å². The number of para-hydroxylation sites is 1. The number of nitrogens with one attached hydrogen (secondary N) is 1. The fourth-order valence-electron chi connectivity index (χ4n) is 3.15. The van der Waals surface area contributed by atoms with Gasteiger partial charge < -0.3 is 19.7 Å². The molecule has 0 saturated heterocycles. The Morgan fingerprint density at radius 3 is 2.89 bits per heavy atom. The Bertz CT molecular complexity index is 1030. The first-order valence-corrected chi connectivity index (χ1v) is 9.70. The first kappa shape index (κ1) is 18.9. The third-order valence-corrected chi connectivity index (χ3v) is 5.12. The molecule has 8 heteroatoms. The Morgan fingerprint density at radius 1 is 1.44 bits per heavy atom. The van der Waals surface area contributed by atoms with Gasteiger partial charge in [0, 0.05) is 16.5 Å². The largest absolute Gasteiger partial charge is 0.506 e. The first-order chi connectivity index (χ1) is 13.1. The van der Waals surface area contributed by atoms with Crippen molar-refractivity contribution in [3.63, 3.8) is 0 Å². The molecule has 4 rings (SSSR count). The van der Waals surface area contributed by atoms with Crippen LogP contribution in [-0.4, -0.2) is 27.2 Å². The number of rotatable bonds is 3. The number of hydrogen-bond acceptors (Lipinski definition) is 7. The van der Waals surface area contributed by atoms with E-state index in [9.17, 15) is 14.7 Å². The summed E-state index contributed by atoms with van der Waals surface area (Å²) in [5.41, 5.74) is 2.17. The van der Waals surface area contributed by atoms with Crippen molar-refractivity contribution < 1.29 is 14.6 Å². The maximum atomic E-state index is 12.9. The minimum Gasteiger partial charge on any atom is -0.506 e. The molecule has 142 valence electrons. The van der Waals surface area contributed by atoms with Crippen LogP contribution in [0.4, 0.5) is 5.69 Å². The van der Waals surface area contributed by atoms with Gasteiger partial charge in [-0.3, -0.25) is 9.78 Å². The van der Waals surface area contributed by atoms with E-state index in [2.05, 4.69) is 10.3 Å². The highest BCUT2D eigenvalue weighted by molar-refractivity contribution is 7.09. The van der Waals surface area contributed by atoms with Crippen LogP contribution in [0.3, 0.4) is 0 Å². The summed E-state index contributed by atoms with van der Waals surface area (Å²) in [7, 11) is 0. The van der Waals surface area contributed by atoms with Crippen LogP contribution in [0.2, 0.25) is 0 Å². The molecule has 1 aliphatic heterocycles. The molecular formula is C19H21N3O4S. The predicted octanol–water partition coefficient (Wildman–Crippen LogP) is 3.53. The number of nitrogens with zero attached hydrogens (tertiary/aromatic N) is 2. The third kappa shape index (κ3) is 3.16. The number of aromatic nitrogens is 2. The van der Waals surface area contributed by atoms with Crippen LogP contribution in [0.25, 0.3) is 10.9 Å². The van der Waals surface area contributed by atoms with Gasteiger partial charge in [-0.1, -0.05) is 19.9 Å². The second-order valence-corrected chi connectivity index (χ2v) is 6.58. The number of anilines is 1. The SMILES string of the molecule is CC.CCOC(=O)c1c(O)c2cccc3c2n(c1=O)CC(c1cncs1)N3. The molecular weight excluding hydrogens is 366 g/mol. The fourth-order valence-corrected chi connectivity index (χ4v) is 3.81. The predicted molar refractivity (Wildman–Crippen MR) is 106 cm³/mol. The van der Waals surface area contributed by atoms with Crippen LogP contribution >= 0.6 is 11.3 Å². The fraction of sp³-hybridized carbons (Fsp3) is 0.316. The Morgan fingerprint density at radius 2 is 2.22 bits per heavy atom. The number of benzene rings is 1. The van der Waals surface area contributed by atoms with Crippen LogP contribution < -0.4 is 10.9 Å². The quantitative estimate of drug-likeness (QED) is 0.668. The highest BCUT2D eigenvalue weighted by atomic mass is 32.1. The molecule has 1 atom stereocenters. The summed E-state index contributed by atoms with van der Waals surface area (Å²) in [6.07, 6.45) is 1.76. The second-order valence-electron chi connectivity index (χ2n) is 5.66. The molecule has 0 saturated carbocycles. The van der Waals surface area contributed by atoms with Gasteiger partial charge in [-0.25, -0.2) is 4.79 Å². The molecule has 0 bridgehead atoms. The summed E-state index contributed by atoms with van der Waals surface area (Å²) in [6, 6.07) is 5.16. The average molecular weight is 387 g/mol. The Labute approximate surface area is 160 Å². The zero-order valence-electron chi connectivity index (χ0n) is 15.4. The van der Waals surface area contributed by atoms with Crippen molar-refractivity contribution in [2.75, 3.05) is 11.9 Å². The summed E-state index contributed by atoms with van der Waals surface area (Å²) in [4.78, 5) is 30.2. The highest BCUT2D eigenvalue weighted by Gasteiger charge is 2.29. The van der Waals surface area contributed by atoms with Gasteiger partial charge in [-0.05, 0) is 19.1 Å². The Balaban J connectivity index is 0.00000102. The maximum Gasteiger partial charge on any atom is 0.347 e. The molecule has 3 aromatic rings. The standard InChI is InChI=1S/C17H15N3O4S.C2H6/c1-2-24-17(23)13-15(21)9-4-3-5-10-14(9)20(16(13)22)7-11(19-10)12-6-18-8-25-12;1-2/h3-6,8,11,19,21H,2,7H2,1H3;1-2H3. The van der Waals surface area contributed by atoms with Crippen molar-refractivity contribution >= 4 is 33.9 Å². The summed E-state index contributed by atoms with van der Waals surface area (Å²) >= 11 is 1.49. The molecule has 2 N–H and O–H groups in total. The minimum atomic E-state index is -0.811. The number of pyridine rings is 1. The van der Waals surface area contributed by atoms with E-state index in [-0.39, 0.29) is 24.0 Å². The highest BCUT2D eigenvalue weighted by Crippen LogP contribution is 2.37. The van der Waals surface area contributed by atoms with Gasteiger partial charge in [-0.2, -0.15) is 0 Å². The lowest BCUT2D eigenvalue weighted by atomic mass is 10.0. The molecule has 27 heavy (non-hydrogen) atoms. The monoisotopic (exact) mass is 387 g/mol. The Kier molecular flexibility index (Phi) is 5.46. The smallest absolute Gasteiger partial charge is 0.347 e. The minimum absolute atomic E-state index is 0.126. The van der Waals surface area contributed by atoms with Gasteiger partial charge in [0.2, 0.25) is 0 Å². The molecule has 0 spiro atoms. The molecule has 7 nitrogen and oxygen atoms in total. The number of carbonyl (C=O) groups excluding carboxylic acids is 1. The maximum absolute atomic E-state index is 12.9. The Hall–Kier alpha value is -2.87. The number of hydrogen-bond donors (Lipinski definition) is 2. The molecule has 0 radical (unpaired) electrons. The molecule has 0 fully saturated rings. The first-order valence-electron chi connectivity index (χ1n) is 8.82. The normalized spacial score (nSPS) is 14.9. The molecule has 0 amide bonds. The van der Waals surface area contributed by atoms with Crippen molar-refractivity contribution in [1.29, 1.82) is 0 Å². The van der Waals surface area contributed by atoms with Gasteiger partial charge in [0.1, 0.15) is 5.75 Å². The molecule has 1 aromatic carbocycles. The van der Waals surface area contributed by atoms with Crippen LogP contribution in [0.5, 0.6) is 5.75 Å². The van der Waals surface area contributed by atoms with Crippen LogP contribution in [0.15, 0.2) is 34.7 Å². The third-order valence-electron chi connectivity index (χ3n) is 4.23. The lowest BCUT2D eigenvalue weighted by molar-refractivity contribution is 0.0520. The topological polar surface area (TPSA) is 93.5 Å². The van der Waals surface area contributed by atoms with Crippen LogP contribution in [0, 0.1) is 0 Å². The van der Waals surface area contributed by atoms with Crippen molar-refractivity contribution in [2.24, 2.45) is 0 Å². The number of carbonyl (C=O) groups is 1. The van der Waals surface area contributed by atoms with E-state index in [1.165, 1.54) is 15.9 Å². The second kappa shape index (κ2) is 7.79. The van der Waals surface area contributed by atoms with Gasteiger partial charge in [0.25, 0.3) is 5.56 Å². The zero-order valence-corrected chi connectivity index (χ0v) is 16.2. The summed E-state index contributed by atoms with van der Waals surface area (Å²) in [5, 5.41) is 14.3. The van der Waals surface area contributed by atoms with Crippen LogP contribution in [0.1, 0.15) is 42.0 Å². The number of thiazole rings is 1. The van der Waals surface area contributed by atoms with Gasteiger partial charge >= 0.3 is 5.97 Å². The van der Waals surface area contributed by atoms with E-state index in [0.717, 1.165) is 10.6 Å². The number of ether oxygens (including phenoxy) is 1. The van der Waals surface area contributed by atoms with Crippen molar-refractivity contribution in [3.05, 3.63) is 50.7 Å². The lowest BCUT2D eigenvalue weighted by Crippen LogP contribution is -2.34. The average Bonchev–Trinajstić information content (AvgIpc) is 3.22. The summed E-state index contributed by atoms with van der Waals surface area (Å²) in [5.74, 6) is -1.15. The molecule has 3 heterocycles. The number of aromatic hydroxyl groups is 1. The molecule has 1 unspecified atom stereocenters. The van der Waals surface area contributed by atoms with Crippen molar-refractivity contribution in [1.82, 2.24) is 9.55 Å². The molecule has 0 aliphatic carbocycles. The van der Waals surface area contributed by atoms with E-state index >= 15 is 0 Å².